The standard InChI is InChI=1S/C26H42O19/c1-35-19-11(29)7(3-27)39-24(13(19)31)43-18-10-6-38-22(18)16(34)26(42-10)45-20-12(30)8(4-28)40-25(14(20)32)44-17-9-5-37-21(17)15(33)23(36-2)41-9/h7-34H,3-6H2,1-2H3/t7?,8?,9?,10?,11-,12-,13?,14?,15-,16-,17-,18-,19-,20-,21?,22?,23-,24-,25-,26+/m0/s1. The Hall–Kier alpha value is -0.760. The van der Waals surface area contributed by atoms with E-state index < -0.39 is 136 Å². The highest BCUT2D eigenvalue weighted by atomic mass is 16.8. The summed E-state index contributed by atoms with van der Waals surface area (Å²) in [5, 5.41) is 84.3. The molecule has 0 amide bonds. The van der Waals surface area contributed by atoms with Gasteiger partial charge in [0, 0.05) is 14.2 Å². The molecule has 6 saturated heterocycles. The first-order chi connectivity index (χ1) is 21.6. The second-order valence-corrected chi connectivity index (χ2v) is 11.8. The molecule has 45 heavy (non-hydrogen) atoms. The number of rotatable bonds is 10. The SMILES string of the molecule is CO[C@H]1OC2COC([C@H]2O[C@@H]2OC(CO)[C@H](O)[C@H](O[C@H]3OC4COC([C@H]4O[C@@H]4OC(CO)[C@H](O)[C@H](OC)C4O)[C@@H]3O)C2O)[C@@H]1O. The molecule has 6 rings (SSSR count). The molecule has 20 atom stereocenters. The second kappa shape index (κ2) is 14.0. The molecule has 0 radical (unpaired) electrons. The predicted molar refractivity (Wildman–Crippen MR) is 137 cm³/mol. The van der Waals surface area contributed by atoms with Crippen LogP contribution in [0.4, 0.5) is 0 Å². The van der Waals surface area contributed by atoms with Crippen LogP contribution < -0.4 is 0 Å². The van der Waals surface area contributed by atoms with Crippen molar-refractivity contribution in [2.45, 2.75) is 123 Å². The Bertz CT molecular complexity index is 979. The van der Waals surface area contributed by atoms with Crippen molar-refractivity contribution >= 4 is 0 Å². The van der Waals surface area contributed by atoms with Gasteiger partial charge < -0.3 is 93.0 Å². The van der Waals surface area contributed by atoms with E-state index in [2.05, 4.69) is 0 Å². The number of aliphatic hydroxyl groups excluding tert-OH is 8. The van der Waals surface area contributed by atoms with E-state index in [0.29, 0.717) is 0 Å². The summed E-state index contributed by atoms with van der Waals surface area (Å²) in [6, 6.07) is 0. The summed E-state index contributed by atoms with van der Waals surface area (Å²) in [5.74, 6) is 0. The van der Waals surface area contributed by atoms with Gasteiger partial charge >= 0.3 is 0 Å². The fourth-order valence-electron chi connectivity index (χ4n) is 6.72. The zero-order valence-corrected chi connectivity index (χ0v) is 24.4. The molecule has 0 aliphatic carbocycles. The van der Waals surface area contributed by atoms with E-state index in [1.807, 2.05) is 0 Å². The third-order valence-electron chi connectivity index (χ3n) is 9.16. The van der Waals surface area contributed by atoms with E-state index in [1.54, 1.807) is 0 Å². The van der Waals surface area contributed by atoms with Gasteiger partial charge in [-0.25, -0.2) is 0 Å². The lowest BCUT2D eigenvalue weighted by Gasteiger charge is -2.47. The maximum Gasteiger partial charge on any atom is 0.187 e. The number of methoxy groups -OCH3 is 2. The lowest BCUT2D eigenvalue weighted by molar-refractivity contribution is -0.372. The van der Waals surface area contributed by atoms with Crippen LogP contribution in [0.2, 0.25) is 0 Å². The van der Waals surface area contributed by atoms with E-state index in [-0.39, 0.29) is 13.2 Å². The van der Waals surface area contributed by atoms with Gasteiger partial charge in [-0.05, 0) is 0 Å². The topological polar surface area (TPSA) is 263 Å². The van der Waals surface area contributed by atoms with Gasteiger partial charge in [0.1, 0.15) is 97.7 Å². The molecule has 6 aliphatic rings. The molecule has 6 aliphatic heterocycles. The Labute approximate surface area is 256 Å². The number of aliphatic hydroxyl groups is 8. The summed E-state index contributed by atoms with van der Waals surface area (Å²) in [4.78, 5) is 0. The summed E-state index contributed by atoms with van der Waals surface area (Å²) in [6.45, 7) is -1.25. The van der Waals surface area contributed by atoms with Crippen molar-refractivity contribution in [2.24, 2.45) is 0 Å². The average Bonchev–Trinajstić information content (AvgIpc) is 3.51. The van der Waals surface area contributed by atoms with Crippen LogP contribution in [0.3, 0.4) is 0 Å². The van der Waals surface area contributed by atoms with Gasteiger partial charge in [-0.1, -0.05) is 0 Å². The van der Waals surface area contributed by atoms with Gasteiger partial charge in [-0.15, -0.1) is 0 Å². The van der Waals surface area contributed by atoms with Crippen molar-refractivity contribution in [3.63, 3.8) is 0 Å². The van der Waals surface area contributed by atoms with Crippen molar-refractivity contribution in [3.8, 4) is 0 Å². The molecule has 260 valence electrons. The lowest BCUT2D eigenvalue weighted by Crippen LogP contribution is -2.65. The Morgan fingerprint density at radius 1 is 0.489 bits per heavy atom. The molecule has 8 N–H and O–H groups in total. The molecule has 0 spiro atoms. The lowest BCUT2D eigenvalue weighted by atomic mass is 9.96. The summed E-state index contributed by atoms with van der Waals surface area (Å²) in [7, 11) is 2.64. The summed E-state index contributed by atoms with van der Waals surface area (Å²) >= 11 is 0. The van der Waals surface area contributed by atoms with Gasteiger partial charge in [0.15, 0.2) is 25.2 Å². The Balaban J connectivity index is 1.12. The van der Waals surface area contributed by atoms with Crippen LogP contribution in [0, 0.1) is 0 Å². The van der Waals surface area contributed by atoms with E-state index in [0.717, 1.165) is 0 Å². The van der Waals surface area contributed by atoms with Crippen LogP contribution >= 0.6 is 0 Å². The number of fused-ring (bicyclic) bond motifs is 4. The molecule has 4 bridgehead atoms. The third-order valence-corrected chi connectivity index (χ3v) is 9.16. The van der Waals surface area contributed by atoms with Gasteiger partial charge in [0.05, 0.1) is 26.4 Å². The molecule has 0 aromatic carbocycles. The molecule has 19 nitrogen and oxygen atoms in total. The van der Waals surface area contributed by atoms with Gasteiger partial charge in [-0.2, -0.15) is 0 Å². The average molecular weight is 659 g/mol. The minimum absolute atomic E-state index is 0.0615. The van der Waals surface area contributed by atoms with Crippen LogP contribution in [-0.4, -0.2) is 204 Å². The number of ether oxygens (including phenoxy) is 11. The molecular weight excluding hydrogens is 616 g/mol. The molecule has 0 aromatic rings. The van der Waals surface area contributed by atoms with Crippen molar-refractivity contribution in [3.05, 3.63) is 0 Å². The normalized spacial score (nSPS) is 54.8. The first kappa shape index (κ1) is 34.1. The summed E-state index contributed by atoms with van der Waals surface area (Å²) in [5.41, 5.74) is 0. The van der Waals surface area contributed by atoms with E-state index in [4.69, 9.17) is 52.1 Å². The zero-order valence-electron chi connectivity index (χ0n) is 24.4. The first-order valence-corrected chi connectivity index (χ1v) is 14.8. The van der Waals surface area contributed by atoms with Crippen LogP contribution in [-0.2, 0) is 52.1 Å². The quantitative estimate of drug-likeness (QED) is 0.108. The van der Waals surface area contributed by atoms with Crippen molar-refractivity contribution in [1.29, 1.82) is 0 Å². The van der Waals surface area contributed by atoms with Gasteiger partial charge in [0.2, 0.25) is 0 Å². The Morgan fingerprint density at radius 3 is 1.40 bits per heavy atom. The maximum absolute atomic E-state index is 11.2. The largest absolute Gasteiger partial charge is 0.394 e. The van der Waals surface area contributed by atoms with Crippen molar-refractivity contribution < 1.29 is 93.0 Å². The smallest absolute Gasteiger partial charge is 0.187 e. The molecule has 0 saturated carbocycles. The van der Waals surface area contributed by atoms with E-state index >= 15 is 0 Å². The fraction of sp³-hybridized carbons (Fsp3) is 1.00. The minimum atomic E-state index is -1.68. The molecule has 19 heteroatoms. The molecular formula is C26H42O19. The number of hydrogen-bond donors (Lipinski definition) is 8. The van der Waals surface area contributed by atoms with E-state index in [9.17, 15) is 40.9 Å². The second-order valence-electron chi connectivity index (χ2n) is 11.8. The zero-order chi connectivity index (χ0) is 32.2. The van der Waals surface area contributed by atoms with Gasteiger partial charge in [-0.3, -0.25) is 0 Å². The van der Waals surface area contributed by atoms with Gasteiger partial charge in [0.25, 0.3) is 0 Å². The molecule has 8 unspecified atom stereocenters. The molecule has 6 heterocycles. The van der Waals surface area contributed by atoms with Crippen LogP contribution in [0.15, 0.2) is 0 Å². The fourth-order valence-corrected chi connectivity index (χ4v) is 6.72. The monoisotopic (exact) mass is 658 g/mol. The Kier molecular flexibility index (Phi) is 10.6. The first-order valence-electron chi connectivity index (χ1n) is 14.8. The third kappa shape index (κ3) is 6.16. The van der Waals surface area contributed by atoms with Crippen molar-refractivity contribution in [2.75, 3.05) is 40.6 Å². The van der Waals surface area contributed by atoms with Crippen LogP contribution in [0.1, 0.15) is 0 Å². The van der Waals surface area contributed by atoms with Crippen LogP contribution in [0.5, 0.6) is 0 Å². The predicted octanol–water partition coefficient (Wildman–Crippen LogP) is -6.35. The minimum Gasteiger partial charge on any atom is -0.394 e. The highest BCUT2D eigenvalue weighted by Crippen LogP contribution is 2.38. The summed E-state index contributed by atoms with van der Waals surface area (Å²) < 4.78 is 62.1. The van der Waals surface area contributed by atoms with Crippen molar-refractivity contribution in [1.82, 2.24) is 0 Å². The number of hydrogen-bond acceptors (Lipinski definition) is 19. The maximum atomic E-state index is 11.2. The molecule has 6 fully saturated rings. The Morgan fingerprint density at radius 2 is 0.911 bits per heavy atom. The van der Waals surface area contributed by atoms with E-state index in [1.165, 1.54) is 14.2 Å². The summed E-state index contributed by atoms with van der Waals surface area (Å²) in [6.07, 6.45) is -24.5. The highest BCUT2D eigenvalue weighted by molar-refractivity contribution is 5.01. The molecule has 0 aromatic heterocycles. The van der Waals surface area contributed by atoms with Crippen LogP contribution in [0.25, 0.3) is 0 Å². The highest BCUT2D eigenvalue weighted by Gasteiger charge is 2.59.